The van der Waals surface area contributed by atoms with Gasteiger partial charge in [-0.2, -0.15) is 0 Å². The Morgan fingerprint density at radius 3 is 2.63 bits per heavy atom. The summed E-state index contributed by atoms with van der Waals surface area (Å²) in [5.74, 6) is 1.69. The van der Waals surface area contributed by atoms with E-state index in [0.29, 0.717) is 11.8 Å². The molecule has 0 atom stereocenters. The minimum Gasteiger partial charge on any atom is -0.357 e. The molecule has 0 unspecified atom stereocenters. The van der Waals surface area contributed by atoms with E-state index in [1.165, 1.54) is 17.7 Å². The lowest BCUT2D eigenvalue weighted by Gasteiger charge is -2.35. The molecule has 8 heteroatoms. The van der Waals surface area contributed by atoms with Crippen LogP contribution in [0, 0.1) is 5.92 Å². The molecule has 1 amide bonds. The summed E-state index contributed by atoms with van der Waals surface area (Å²) in [5, 5.41) is 5.55. The lowest BCUT2D eigenvalue weighted by molar-refractivity contribution is -0.137. The van der Waals surface area contributed by atoms with Crippen molar-refractivity contribution in [1.82, 2.24) is 20.0 Å². The number of nitrogens with zero attached hydrogens (tertiary/aromatic N) is 4. The van der Waals surface area contributed by atoms with Crippen LogP contribution < -0.4 is 5.32 Å². The number of rotatable bonds is 8. The minimum atomic E-state index is 0. The summed E-state index contributed by atoms with van der Waals surface area (Å²) >= 11 is 1.82. The second kappa shape index (κ2) is 13.5. The van der Waals surface area contributed by atoms with Gasteiger partial charge in [-0.15, -0.1) is 35.3 Å². The standard InChI is InChI=1S/C22H37N5OS.HI/c1-3-23-22(25(2)12-10-20-9-6-18-29-20)24-11-13-26-14-16-27(17-15-26)21(28)19-7-4-5-8-19;/h6,9,18-19H,3-5,7-8,10-17H2,1-2H3,(H,23,24);1H. The minimum absolute atomic E-state index is 0. The first-order valence-electron chi connectivity index (χ1n) is 11.2. The van der Waals surface area contributed by atoms with Gasteiger partial charge in [-0.05, 0) is 37.6 Å². The van der Waals surface area contributed by atoms with Crippen LogP contribution in [-0.4, -0.2) is 86.0 Å². The van der Waals surface area contributed by atoms with Crippen molar-refractivity contribution in [3.05, 3.63) is 22.4 Å². The fourth-order valence-electron chi connectivity index (χ4n) is 4.23. The highest BCUT2D eigenvalue weighted by Gasteiger charge is 2.29. The van der Waals surface area contributed by atoms with E-state index >= 15 is 0 Å². The molecule has 0 aromatic carbocycles. The Hall–Kier alpha value is -0.870. The molecule has 30 heavy (non-hydrogen) atoms. The quantitative estimate of drug-likeness (QED) is 0.309. The molecule has 1 aliphatic carbocycles. The van der Waals surface area contributed by atoms with Gasteiger partial charge in [0.15, 0.2) is 5.96 Å². The number of thiophene rings is 1. The fourth-order valence-corrected chi connectivity index (χ4v) is 4.93. The molecule has 1 aromatic heterocycles. The summed E-state index contributed by atoms with van der Waals surface area (Å²) in [7, 11) is 2.11. The van der Waals surface area contributed by atoms with Crippen LogP contribution in [-0.2, 0) is 11.2 Å². The van der Waals surface area contributed by atoms with Gasteiger partial charge in [0.25, 0.3) is 0 Å². The summed E-state index contributed by atoms with van der Waals surface area (Å²) in [6, 6.07) is 4.31. The summed E-state index contributed by atoms with van der Waals surface area (Å²) < 4.78 is 0. The van der Waals surface area contributed by atoms with Gasteiger partial charge in [0.2, 0.25) is 5.91 Å². The zero-order valence-corrected chi connectivity index (χ0v) is 21.7. The third-order valence-electron chi connectivity index (χ3n) is 6.04. The van der Waals surface area contributed by atoms with Crippen molar-refractivity contribution in [3.8, 4) is 0 Å². The Morgan fingerprint density at radius 2 is 2.00 bits per heavy atom. The largest absolute Gasteiger partial charge is 0.357 e. The van der Waals surface area contributed by atoms with Crippen LogP contribution in [0.5, 0.6) is 0 Å². The fraction of sp³-hybridized carbons (Fsp3) is 0.727. The molecule has 170 valence electrons. The number of hydrogen-bond donors (Lipinski definition) is 1. The molecule has 2 aliphatic rings. The number of hydrogen-bond acceptors (Lipinski definition) is 4. The van der Waals surface area contributed by atoms with E-state index in [9.17, 15) is 4.79 Å². The van der Waals surface area contributed by atoms with Crippen molar-refractivity contribution in [3.63, 3.8) is 0 Å². The van der Waals surface area contributed by atoms with Crippen LogP contribution in [0.25, 0.3) is 0 Å². The van der Waals surface area contributed by atoms with E-state index < -0.39 is 0 Å². The predicted octanol–water partition coefficient (Wildman–Crippen LogP) is 3.14. The number of nitrogens with one attached hydrogen (secondary N) is 1. The number of carbonyl (C=O) groups excluding carboxylic acids is 1. The van der Waals surface area contributed by atoms with Crippen LogP contribution in [0.2, 0.25) is 0 Å². The van der Waals surface area contributed by atoms with Crippen molar-refractivity contribution in [1.29, 1.82) is 0 Å². The molecule has 1 aliphatic heterocycles. The molecular weight excluding hydrogens is 509 g/mol. The Bertz CT molecular complexity index is 640. The first kappa shape index (κ1) is 25.4. The molecule has 0 bridgehead atoms. The number of halogens is 1. The van der Waals surface area contributed by atoms with E-state index in [0.717, 1.165) is 77.6 Å². The molecule has 2 fully saturated rings. The second-order valence-corrected chi connectivity index (χ2v) is 9.17. The van der Waals surface area contributed by atoms with E-state index in [2.05, 4.69) is 51.5 Å². The molecular formula is C22H38IN5OS. The average molecular weight is 548 g/mol. The molecule has 6 nitrogen and oxygen atoms in total. The third-order valence-corrected chi connectivity index (χ3v) is 6.97. The SMILES string of the molecule is CCNC(=NCCN1CCN(C(=O)C2CCCC2)CC1)N(C)CCc1cccs1.I. The van der Waals surface area contributed by atoms with Gasteiger partial charge in [0, 0.05) is 63.7 Å². The summed E-state index contributed by atoms with van der Waals surface area (Å²) in [5.41, 5.74) is 0. The zero-order valence-electron chi connectivity index (χ0n) is 18.5. The summed E-state index contributed by atoms with van der Waals surface area (Å²) in [6.07, 6.45) is 5.70. The smallest absolute Gasteiger partial charge is 0.225 e. The Morgan fingerprint density at radius 1 is 1.27 bits per heavy atom. The topological polar surface area (TPSA) is 51.2 Å². The number of likely N-dealkylation sites (N-methyl/N-ethyl adjacent to an activating group) is 1. The van der Waals surface area contributed by atoms with Crippen LogP contribution in [0.15, 0.2) is 22.5 Å². The molecule has 3 rings (SSSR count). The van der Waals surface area contributed by atoms with Crippen molar-refractivity contribution >= 4 is 47.2 Å². The van der Waals surface area contributed by atoms with Gasteiger partial charge in [-0.3, -0.25) is 14.7 Å². The molecule has 0 spiro atoms. The maximum absolute atomic E-state index is 12.6. The highest BCUT2D eigenvalue weighted by atomic mass is 127. The number of piperazine rings is 1. The van der Waals surface area contributed by atoms with Crippen LogP contribution in [0.4, 0.5) is 0 Å². The lowest BCUT2D eigenvalue weighted by Crippen LogP contribution is -2.50. The van der Waals surface area contributed by atoms with Crippen molar-refractivity contribution in [2.45, 2.75) is 39.0 Å². The van der Waals surface area contributed by atoms with Crippen molar-refractivity contribution < 1.29 is 4.79 Å². The van der Waals surface area contributed by atoms with Gasteiger partial charge >= 0.3 is 0 Å². The third kappa shape index (κ3) is 7.67. The first-order valence-corrected chi connectivity index (χ1v) is 12.1. The van der Waals surface area contributed by atoms with Crippen LogP contribution >= 0.6 is 35.3 Å². The normalized spacial score (nSPS) is 18.3. The molecule has 1 aromatic rings. The van der Waals surface area contributed by atoms with Gasteiger partial charge < -0.3 is 15.1 Å². The lowest BCUT2D eigenvalue weighted by atomic mass is 10.1. The van der Waals surface area contributed by atoms with Gasteiger partial charge in [0.1, 0.15) is 0 Å². The maximum Gasteiger partial charge on any atom is 0.225 e. The zero-order chi connectivity index (χ0) is 20.5. The van der Waals surface area contributed by atoms with Gasteiger partial charge in [-0.1, -0.05) is 18.9 Å². The van der Waals surface area contributed by atoms with E-state index in [4.69, 9.17) is 4.99 Å². The summed E-state index contributed by atoms with van der Waals surface area (Å²) in [4.78, 5) is 25.6. The number of amides is 1. The van der Waals surface area contributed by atoms with Gasteiger partial charge in [-0.25, -0.2) is 0 Å². The Balaban J connectivity index is 0.00000320. The average Bonchev–Trinajstić information content (AvgIpc) is 3.45. The number of carbonyl (C=O) groups is 1. The number of aliphatic imine (C=N–C) groups is 1. The Labute approximate surface area is 203 Å². The molecule has 1 saturated heterocycles. The van der Waals surface area contributed by atoms with E-state index in [1.54, 1.807) is 0 Å². The predicted molar refractivity (Wildman–Crippen MR) is 137 cm³/mol. The van der Waals surface area contributed by atoms with Crippen LogP contribution in [0.3, 0.4) is 0 Å². The monoisotopic (exact) mass is 547 g/mol. The van der Waals surface area contributed by atoms with Crippen molar-refractivity contribution in [2.75, 3.05) is 59.4 Å². The number of guanidine groups is 1. The van der Waals surface area contributed by atoms with Gasteiger partial charge in [0.05, 0.1) is 6.54 Å². The maximum atomic E-state index is 12.6. The first-order chi connectivity index (χ1) is 14.2. The van der Waals surface area contributed by atoms with Crippen LogP contribution in [0.1, 0.15) is 37.5 Å². The molecule has 1 saturated carbocycles. The molecule has 2 heterocycles. The second-order valence-electron chi connectivity index (χ2n) is 8.13. The van der Waals surface area contributed by atoms with E-state index in [-0.39, 0.29) is 24.0 Å². The molecule has 0 radical (unpaired) electrons. The molecule has 1 N–H and O–H groups in total. The highest BCUT2D eigenvalue weighted by Crippen LogP contribution is 2.26. The van der Waals surface area contributed by atoms with E-state index in [1.807, 2.05) is 11.3 Å². The highest BCUT2D eigenvalue weighted by molar-refractivity contribution is 14.0. The Kier molecular flexibility index (Phi) is 11.4. The summed E-state index contributed by atoms with van der Waals surface area (Å²) in [6.45, 7) is 9.40. The van der Waals surface area contributed by atoms with Crippen molar-refractivity contribution in [2.24, 2.45) is 10.9 Å².